The van der Waals surface area contributed by atoms with Crippen LogP contribution in [0.5, 0.6) is 0 Å². The first kappa shape index (κ1) is 12.6. The summed E-state index contributed by atoms with van der Waals surface area (Å²) in [4.78, 5) is 15.6. The second-order valence-electron chi connectivity index (χ2n) is 4.15. The van der Waals surface area contributed by atoms with Crippen LogP contribution in [0, 0.1) is 0 Å². The molecule has 0 atom stereocenters. The summed E-state index contributed by atoms with van der Waals surface area (Å²) in [6.45, 7) is 0. The fourth-order valence-corrected chi connectivity index (χ4v) is 2.58. The van der Waals surface area contributed by atoms with Crippen LogP contribution in [0.15, 0.2) is 46.8 Å². The number of carbonyl (C=O) groups is 1. The van der Waals surface area contributed by atoms with Crippen molar-refractivity contribution in [2.75, 3.05) is 0 Å². The number of nitrogens with zero attached hydrogens (tertiary/aromatic N) is 4. The molecule has 20 heavy (non-hydrogen) atoms. The van der Waals surface area contributed by atoms with Gasteiger partial charge in [-0.3, -0.25) is 0 Å². The molecule has 0 aliphatic heterocycles. The van der Waals surface area contributed by atoms with Crippen LogP contribution in [0.3, 0.4) is 0 Å². The fraction of sp³-hybridized carbons (Fsp3) is 0.0769. The van der Waals surface area contributed by atoms with Crippen molar-refractivity contribution in [1.82, 2.24) is 19.7 Å². The summed E-state index contributed by atoms with van der Waals surface area (Å²) in [5, 5.41) is 19.0. The summed E-state index contributed by atoms with van der Waals surface area (Å²) >= 11 is 1.38. The van der Waals surface area contributed by atoms with Crippen LogP contribution in [-0.4, -0.2) is 30.8 Å². The molecule has 2 heterocycles. The summed E-state index contributed by atoms with van der Waals surface area (Å²) < 4.78 is 1.80. The van der Waals surface area contributed by atoms with E-state index < -0.39 is 5.97 Å². The van der Waals surface area contributed by atoms with Crippen molar-refractivity contribution < 1.29 is 9.90 Å². The molecule has 3 aromatic rings. The van der Waals surface area contributed by atoms with Crippen LogP contribution >= 0.6 is 11.8 Å². The van der Waals surface area contributed by atoms with Gasteiger partial charge in [0.25, 0.3) is 0 Å². The number of pyridine rings is 1. The average molecular weight is 286 g/mol. The van der Waals surface area contributed by atoms with E-state index in [9.17, 15) is 4.79 Å². The molecule has 0 amide bonds. The zero-order valence-electron chi connectivity index (χ0n) is 10.5. The Kier molecular flexibility index (Phi) is 3.11. The molecule has 0 radical (unpaired) electrons. The third-order valence-electron chi connectivity index (χ3n) is 2.80. The number of fused-ring (bicyclic) bond motifs is 1. The highest BCUT2D eigenvalue weighted by Gasteiger charge is 2.10. The van der Waals surface area contributed by atoms with Gasteiger partial charge in [-0.2, -0.15) is 0 Å². The number of carboxylic acid groups (broad SMARTS) is 1. The number of aromatic carboxylic acids is 1. The monoisotopic (exact) mass is 286 g/mol. The maximum Gasteiger partial charge on any atom is 0.336 e. The molecule has 0 saturated heterocycles. The average Bonchev–Trinajstić information content (AvgIpc) is 2.83. The second kappa shape index (κ2) is 4.93. The van der Waals surface area contributed by atoms with Crippen LogP contribution < -0.4 is 0 Å². The van der Waals surface area contributed by atoms with E-state index in [0.717, 1.165) is 10.2 Å². The van der Waals surface area contributed by atoms with Crippen LogP contribution in [0.2, 0.25) is 0 Å². The Bertz CT molecular complexity index is 800. The first-order chi connectivity index (χ1) is 9.65. The minimum absolute atomic E-state index is 0.255. The Balaban J connectivity index is 2.03. The molecule has 0 bridgehead atoms. The van der Waals surface area contributed by atoms with Gasteiger partial charge in [-0.25, -0.2) is 9.78 Å². The van der Waals surface area contributed by atoms with Crippen LogP contribution in [0.4, 0.5) is 0 Å². The lowest BCUT2D eigenvalue weighted by Gasteiger charge is -2.04. The van der Waals surface area contributed by atoms with Gasteiger partial charge in [0, 0.05) is 12.4 Å². The molecule has 0 unspecified atom stereocenters. The number of rotatable bonds is 3. The quantitative estimate of drug-likeness (QED) is 0.795. The van der Waals surface area contributed by atoms with Crippen LogP contribution in [0.1, 0.15) is 10.4 Å². The lowest BCUT2D eigenvalue weighted by atomic mass is 10.1. The van der Waals surface area contributed by atoms with E-state index >= 15 is 0 Å². The highest BCUT2D eigenvalue weighted by atomic mass is 32.2. The minimum Gasteiger partial charge on any atom is -0.478 e. The third-order valence-corrected chi connectivity index (χ3v) is 3.79. The maximum absolute atomic E-state index is 11.1. The maximum atomic E-state index is 11.1. The largest absolute Gasteiger partial charge is 0.478 e. The Morgan fingerprint density at radius 3 is 2.85 bits per heavy atom. The SMILES string of the molecule is Cn1cnnc1Sc1ccc2c(C(=O)O)cccc2n1. The minimum atomic E-state index is -0.953. The predicted octanol–water partition coefficient (Wildman–Crippen LogP) is 2.21. The molecule has 6 nitrogen and oxygen atoms in total. The highest BCUT2D eigenvalue weighted by molar-refractivity contribution is 7.99. The highest BCUT2D eigenvalue weighted by Crippen LogP contribution is 2.26. The third kappa shape index (κ3) is 2.23. The fourth-order valence-electron chi connectivity index (χ4n) is 1.84. The Morgan fingerprint density at radius 2 is 2.15 bits per heavy atom. The number of benzene rings is 1. The first-order valence-electron chi connectivity index (χ1n) is 5.80. The topological polar surface area (TPSA) is 80.9 Å². The van der Waals surface area contributed by atoms with Crippen molar-refractivity contribution in [2.24, 2.45) is 7.05 Å². The normalized spacial score (nSPS) is 10.8. The molecule has 0 saturated carbocycles. The van der Waals surface area contributed by atoms with E-state index in [1.54, 1.807) is 41.2 Å². The van der Waals surface area contributed by atoms with Gasteiger partial charge >= 0.3 is 5.97 Å². The van der Waals surface area contributed by atoms with Gasteiger partial charge in [0.1, 0.15) is 11.4 Å². The molecule has 0 fully saturated rings. The molecule has 100 valence electrons. The zero-order chi connectivity index (χ0) is 14.1. The van der Waals surface area contributed by atoms with Gasteiger partial charge < -0.3 is 9.67 Å². The zero-order valence-corrected chi connectivity index (χ0v) is 11.3. The first-order valence-corrected chi connectivity index (χ1v) is 6.62. The summed E-state index contributed by atoms with van der Waals surface area (Å²) in [6.07, 6.45) is 1.62. The predicted molar refractivity (Wildman–Crippen MR) is 73.8 cm³/mol. The summed E-state index contributed by atoms with van der Waals surface area (Å²) in [7, 11) is 1.85. The summed E-state index contributed by atoms with van der Waals surface area (Å²) in [6, 6.07) is 8.61. The Hall–Kier alpha value is -2.41. The molecule has 1 N–H and O–H groups in total. The lowest BCUT2D eigenvalue weighted by Crippen LogP contribution is -1.98. The van der Waals surface area contributed by atoms with Gasteiger partial charge in [0.05, 0.1) is 11.1 Å². The van der Waals surface area contributed by atoms with E-state index in [1.807, 2.05) is 7.05 Å². The van der Waals surface area contributed by atoms with Crippen molar-refractivity contribution >= 4 is 28.6 Å². The van der Waals surface area contributed by atoms with Crippen molar-refractivity contribution in [3.8, 4) is 0 Å². The number of carboxylic acids is 1. The molecule has 0 aliphatic rings. The number of hydrogen-bond acceptors (Lipinski definition) is 5. The molecule has 1 aromatic carbocycles. The van der Waals surface area contributed by atoms with Gasteiger partial charge in [-0.05, 0) is 36.0 Å². The number of hydrogen-bond donors (Lipinski definition) is 1. The van der Waals surface area contributed by atoms with Crippen LogP contribution in [0.25, 0.3) is 10.9 Å². The lowest BCUT2D eigenvalue weighted by molar-refractivity contribution is 0.0699. The van der Waals surface area contributed by atoms with E-state index in [2.05, 4.69) is 15.2 Å². The molecule has 7 heteroatoms. The number of aryl methyl sites for hydroxylation is 1. The van der Waals surface area contributed by atoms with Crippen molar-refractivity contribution in [2.45, 2.75) is 10.2 Å². The Morgan fingerprint density at radius 1 is 1.30 bits per heavy atom. The van der Waals surface area contributed by atoms with Gasteiger partial charge in [-0.1, -0.05) is 6.07 Å². The summed E-state index contributed by atoms with van der Waals surface area (Å²) in [5.41, 5.74) is 0.905. The number of aromatic nitrogens is 4. The molecular formula is C13H10N4O2S. The molecule has 3 rings (SSSR count). The van der Waals surface area contributed by atoms with Crippen molar-refractivity contribution in [1.29, 1.82) is 0 Å². The molecule has 2 aromatic heterocycles. The van der Waals surface area contributed by atoms with E-state index in [1.165, 1.54) is 11.8 Å². The molecular weight excluding hydrogens is 276 g/mol. The van der Waals surface area contributed by atoms with Crippen LogP contribution in [-0.2, 0) is 7.05 Å². The van der Waals surface area contributed by atoms with Crippen molar-refractivity contribution in [3.05, 3.63) is 42.2 Å². The standard InChI is InChI=1S/C13H10N4O2S/c1-17-7-14-16-13(17)20-11-6-5-8-9(12(18)19)3-2-4-10(8)15-11/h2-7H,1H3,(H,18,19). The van der Waals surface area contributed by atoms with Gasteiger partial charge in [-0.15, -0.1) is 10.2 Å². The van der Waals surface area contributed by atoms with Crippen molar-refractivity contribution in [3.63, 3.8) is 0 Å². The Labute approximate surface area is 118 Å². The second-order valence-corrected chi connectivity index (χ2v) is 5.14. The summed E-state index contributed by atoms with van der Waals surface area (Å²) in [5.74, 6) is -0.953. The molecule has 0 spiro atoms. The van der Waals surface area contributed by atoms with Gasteiger partial charge in [0.2, 0.25) is 0 Å². The van der Waals surface area contributed by atoms with E-state index in [0.29, 0.717) is 10.9 Å². The molecule has 0 aliphatic carbocycles. The van der Waals surface area contributed by atoms with E-state index in [-0.39, 0.29) is 5.56 Å². The smallest absolute Gasteiger partial charge is 0.336 e. The van der Waals surface area contributed by atoms with Gasteiger partial charge in [0.15, 0.2) is 5.16 Å². The van der Waals surface area contributed by atoms with E-state index in [4.69, 9.17) is 5.11 Å².